The number of methoxy groups -OCH3 is 2. The van der Waals surface area contributed by atoms with Crippen LogP contribution in [0.25, 0.3) is 0 Å². The highest BCUT2D eigenvalue weighted by molar-refractivity contribution is 9.10. The Morgan fingerprint density at radius 2 is 1.32 bits per heavy atom. The molecule has 0 saturated heterocycles. The quantitative estimate of drug-likeness (QED) is 0.374. The molecule has 146 valence electrons. The van der Waals surface area contributed by atoms with E-state index in [9.17, 15) is 4.39 Å². The van der Waals surface area contributed by atoms with Crippen molar-refractivity contribution in [2.24, 2.45) is 0 Å². The second-order valence-corrected chi connectivity index (χ2v) is 7.60. The smallest absolute Gasteiger partial charge is 0.165 e. The molecular formula is C22H20BrClFNO2. The fourth-order valence-corrected chi connectivity index (χ4v) is 3.69. The van der Waals surface area contributed by atoms with Crippen molar-refractivity contribution < 1.29 is 13.9 Å². The summed E-state index contributed by atoms with van der Waals surface area (Å²) in [6, 6.07) is 18.8. The molecule has 0 aliphatic heterocycles. The highest BCUT2D eigenvalue weighted by atomic mass is 79.9. The molecule has 0 N–H and O–H groups in total. The third kappa shape index (κ3) is 4.97. The van der Waals surface area contributed by atoms with E-state index in [1.54, 1.807) is 26.4 Å². The Hall–Kier alpha value is -2.24. The van der Waals surface area contributed by atoms with Crippen LogP contribution in [0, 0.1) is 5.82 Å². The molecule has 28 heavy (non-hydrogen) atoms. The monoisotopic (exact) mass is 463 g/mol. The van der Waals surface area contributed by atoms with Gasteiger partial charge in [-0.25, -0.2) is 4.39 Å². The zero-order chi connectivity index (χ0) is 20.1. The minimum Gasteiger partial charge on any atom is -0.497 e. The molecule has 0 fully saturated rings. The van der Waals surface area contributed by atoms with Crippen LogP contribution >= 0.6 is 27.5 Å². The fourth-order valence-electron chi connectivity index (χ4n) is 2.90. The van der Waals surface area contributed by atoms with E-state index in [0.717, 1.165) is 27.1 Å². The van der Waals surface area contributed by atoms with Crippen molar-refractivity contribution in [3.8, 4) is 11.5 Å². The number of nitrogens with zero attached hydrogens (tertiary/aromatic N) is 1. The van der Waals surface area contributed by atoms with Crippen LogP contribution in [0.4, 0.5) is 10.1 Å². The van der Waals surface area contributed by atoms with Crippen molar-refractivity contribution in [3.63, 3.8) is 0 Å². The number of benzene rings is 3. The molecule has 0 unspecified atom stereocenters. The Labute approximate surface area is 177 Å². The second kappa shape index (κ2) is 9.30. The lowest BCUT2D eigenvalue weighted by Crippen LogP contribution is -2.23. The predicted octanol–water partition coefficient (Wildman–Crippen LogP) is 6.47. The van der Waals surface area contributed by atoms with E-state index >= 15 is 0 Å². The van der Waals surface area contributed by atoms with E-state index in [4.69, 9.17) is 21.1 Å². The molecule has 0 saturated carbocycles. The van der Waals surface area contributed by atoms with E-state index in [1.165, 1.54) is 0 Å². The Bertz CT molecular complexity index is 883. The van der Waals surface area contributed by atoms with Crippen molar-refractivity contribution in [3.05, 3.63) is 87.1 Å². The van der Waals surface area contributed by atoms with Gasteiger partial charge in [-0.05, 0) is 47.5 Å². The maximum atomic E-state index is 14.8. The molecule has 0 spiro atoms. The number of hydrogen-bond acceptors (Lipinski definition) is 3. The Kier molecular flexibility index (Phi) is 6.81. The highest BCUT2D eigenvalue weighted by Gasteiger charge is 2.17. The van der Waals surface area contributed by atoms with Crippen LogP contribution in [0.15, 0.2) is 65.1 Å². The summed E-state index contributed by atoms with van der Waals surface area (Å²) < 4.78 is 26.0. The lowest BCUT2D eigenvalue weighted by molar-refractivity contribution is 0.414. The van der Waals surface area contributed by atoms with Gasteiger partial charge in [0.25, 0.3) is 0 Å². The second-order valence-electron chi connectivity index (χ2n) is 6.27. The van der Waals surface area contributed by atoms with Crippen molar-refractivity contribution in [1.82, 2.24) is 0 Å². The van der Waals surface area contributed by atoms with Gasteiger partial charge >= 0.3 is 0 Å². The van der Waals surface area contributed by atoms with E-state index in [1.807, 2.05) is 53.4 Å². The van der Waals surface area contributed by atoms with Crippen molar-refractivity contribution >= 4 is 33.2 Å². The molecule has 3 aromatic rings. The van der Waals surface area contributed by atoms with Gasteiger partial charge in [0.2, 0.25) is 0 Å². The van der Waals surface area contributed by atoms with Gasteiger partial charge in [0, 0.05) is 17.6 Å². The fraction of sp³-hybridized carbons (Fsp3) is 0.182. The molecule has 0 radical (unpaired) electrons. The molecule has 0 amide bonds. The van der Waals surface area contributed by atoms with E-state index < -0.39 is 5.82 Å². The Balaban J connectivity index is 1.94. The molecule has 0 bridgehead atoms. The van der Waals surface area contributed by atoms with Gasteiger partial charge in [0.1, 0.15) is 11.5 Å². The van der Waals surface area contributed by atoms with Gasteiger partial charge in [-0.3, -0.25) is 0 Å². The third-order valence-corrected chi connectivity index (χ3v) is 5.11. The number of hydrogen-bond donors (Lipinski definition) is 0. The highest BCUT2D eigenvalue weighted by Crippen LogP contribution is 2.32. The first kappa shape index (κ1) is 20.5. The zero-order valence-corrected chi connectivity index (χ0v) is 17.9. The van der Waals surface area contributed by atoms with Crippen LogP contribution in [0.3, 0.4) is 0 Å². The molecule has 0 heterocycles. The summed E-state index contributed by atoms with van der Waals surface area (Å²) in [5.74, 6) is 1.12. The maximum absolute atomic E-state index is 14.8. The predicted molar refractivity (Wildman–Crippen MR) is 115 cm³/mol. The van der Waals surface area contributed by atoms with Crippen LogP contribution in [0.5, 0.6) is 11.5 Å². The summed E-state index contributed by atoms with van der Waals surface area (Å²) in [5, 5.41) is 0.0823. The minimum absolute atomic E-state index is 0.0823. The number of halogens is 3. The zero-order valence-electron chi connectivity index (χ0n) is 15.6. The lowest BCUT2D eigenvalue weighted by atomic mass is 10.1. The summed E-state index contributed by atoms with van der Waals surface area (Å²) in [6.45, 7) is 1.03. The number of anilines is 1. The average molecular weight is 465 g/mol. The van der Waals surface area contributed by atoms with Gasteiger partial charge in [-0.2, -0.15) is 0 Å². The summed E-state index contributed by atoms with van der Waals surface area (Å²) >= 11 is 9.50. The maximum Gasteiger partial charge on any atom is 0.165 e. The molecule has 3 aromatic carbocycles. The van der Waals surface area contributed by atoms with Gasteiger partial charge in [0.05, 0.1) is 24.9 Å². The van der Waals surface area contributed by atoms with Crippen LogP contribution in [-0.4, -0.2) is 14.2 Å². The molecule has 0 aliphatic carbocycles. The molecular weight excluding hydrogens is 445 g/mol. The third-order valence-electron chi connectivity index (χ3n) is 4.38. The minimum atomic E-state index is -0.438. The number of ether oxygens (including phenoxy) is 2. The topological polar surface area (TPSA) is 21.7 Å². The van der Waals surface area contributed by atoms with Crippen molar-refractivity contribution in [2.45, 2.75) is 13.1 Å². The van der Waals surface area contributed by atoms with Gasteiger partial charge in [-0.1, -0.05) is 51.8 Å². The molecule has 0 atom stereocenters. The standard InChI is InChI=1S/C22H20BrClFNO2/c1-27-18-7-3-15(4-8-18)13-26(14-16-5-9-19(28-2)10-6-16)21-12-17(23)11-20(24)22(21)25/h3-12H,13-14H2,1-2H3. The van der Waals surface area contributed by atoms with E-state index in [-0.39, 0.29) is 5.02 Å². The first-order chi connectivity index (χ1) is 13.5. The first-order valence-electron chi connectivity index (χ1n) is 8.65. The molecule has 0 aromatic heterocycles. The lowest BCUT2D eigenvalue weighted by Gasteiger charge is -2.26. The SMILES string of the molecule is COc1ccc(CN(Cc2ccc(OC)cc2)c2cc(Br)cc(Cl)c2F)cc1. The normalized spacial score (nSPS) is 10.6. The van der Waals surface area contributed by atoms with Crippen molar-refractivity contribution in [1.29, 1.82) is 0 Å². The van der Waals surface area contributed by atoms with Gasteiger partial charge in [-0.15, -0.1) is 0 Å². The summed E-state index contributed by atoms with van der Waals surface area (Å²) in [7, 11) is 3.26. The summed E-state index contributed by atoms with van der Waals surface area (Å²) in [6.07, 6.45) is 0. The molecule has 3 nitrogen and oxygen atoms in total. The van der Waals surface area contributed by atoms with E-state index in [0.29, 0.717) is 18.8 Å². The summed E-state index contributed by atoms with van der Waals surface area (Å²) in [4.78, 5) is 1.95. The number of rotatable bonds is 7. The average Bonchev–Trinajstić information content (AvgIpc) is 2.71. The molecule has 3 rings (SSSR count). The first-order valence-corrected chi connectivity index (χ1v) is 9.82. The Morgan fingerprint density at radius 3 is 1.75 bits per heavy atom. The van der Waals surface area contributed by atoms with Gasteiger partial charge < -0.3 is 14.4 Å². The van der Waals surface area contributed by atoms with Gasteiger partial charge in [0.15, 0.2) is 5.82 Å². The van der Waals surface area contributed by atoms with E-state index in [2.05, 4.69) is 15.9 Å². The van der Waals surface area contributed by atoms with Crippen LogP contribution in [0.2, 0.25) is 5.02 Å². The van der Waals surface area contributed by atoms with Crippen LogP contribution in [-0.2, 0) is 13.1 Å². The summed E-state index contributed by atoms with van der Waals surface area (Å²) in [5.41, 5.74) is 2.50. The largest absolute Gasteiger partial charge is 0.497 e. The van der Waals surface area contributed by atoms with Crippen molar-refractivity contribution in [2.75, 3.05) is 19.1 Å². The Morgan fingerprint density at radius 1 is 0.857 bits per heavy atom. The molecule has 0 aliphatic rings. The van der Waals surface area contributed by atoms with Crippen LogP contribution in [0.1, 0.15) is 11.1 Å². The van der Waals surface area contributed by atoms with Crippen LogP contribution < -0.4 is 14.4 Å². The molecule has 6 heteroatoms.